The van der Waals surface area contributed by atoms with E-state index >= 15 is 0 Å². The van der Waals surface area contributed by atoms with E-state index < -0.39 is 11.8 Å². The number of aliphatic carboxylic acids is 1. The molecule has 2 rings (SSSR count). The lowest BCUT2D eigenvalue weighted by molar-refractivity contribution is -0.143. The number of likely N-dealkylation sites (tertiary alicyclic amines) is 1. The van der Waals surface area contributed by atoms with E-state index in [2.05, 4.69) is 15.9 Å². The summed E-state index contributed by atoms with van der Waals surface area (Å²) in [5.74, 6) is -2.21. The molecule has 1 aliphatic heterocycles. The molecule has 0 radical (unpaired) electrons. The number of benzene rings is 1. The second kappa shape index (κ2) is 5.88. The molecule has 0 unspecified atom stereocenters. The smallest absolute Gasteiger partial charge is 0.307 e. The Hall–Kier alpha value is -1.14. The predicted molar refractivity (Wildman–Crippen MR) is 71.4 cm³/mol. The number of carboxylic acid groups (broad SMARTS) is 1. The molecule has 1 aromatic carbocycles. The van der Waals surface area contributed by atoms with E-state index in [-0.39, 0.29) is 11.7 Å². The maximum absolute atomic E-state index is 13.4. The van der Waals surface area contributed by atoms with Crippen LogP contribution < -0.4 is 0 Å². The van der Waals surface area contributed by atoms with Gasteiger partial charge < -0.3 is 10.2 Å². The number of carboxylic acids is 1. The summed E-state index contributed by atoms with van der Waals surface area (Å²) in [6.45, 7) is 1.55. The van der Waals surface area contributed by atoms with Gasteiger partial charge >= 0.3 is 5.97 Å². The number of nitrogens with zero attached hydrogens (tertiary/aromatic N) is 1. The summed E-state index contributed by atoms with van der Waals surface area (Å²) >= 11 is 3.18. The molecule has 1 saturated heterocycles. The third-order valence-corrected chi connectivity index (χ3v) is 3.81. The third kappa shape index (κ3) is 3.45. The highest BCUT2D eigenvalue weighted by molar-refractivity contribution is 9.10. The van der Waals surface area contributed by atoms with E-state index in [1.807, 2.05) is 4.90 Å². The van der Waals surface area contributed by atoms with Crippen LogP contribution in [0.15, 0.2) is 16.6 Å². The second-order valence-corrected chi connectivity index (χ2v) is 5.72. The molecular weight excluding hydrogens is 317 g/mol. The van der Waals surface area contributed by atoms with Crippen molar-refractivity contribution in [2.75, 3.05) is 13.1 Å². The average molecular weight is 332 g/mol. The predicted octanol–water partition coefficient (Wildman–Crippen LogP) is 2.59. The number of piperidine rings is 1. The van der Waals surface area contributed by atoms with Crippen molar-refractivity contribution in [1.82, 2.24) is 4.90 Å². The number of hydrogen-bond donors (Lipinski definition) is 2. The lowest BCUT2D eigenvalue weighted by atomic mass is 9.98. The number of phenolic OH excluding ortho intramolecular Hbond substituents is 1. The maximum Gasteiger partial charge on any atom is 0.307 e. The van der Waals surface area contributed by atoms with Crippen molar-refractivity contribution < 1.29 is 19.4 Å². The van der Waals surface area contributed by atoms with Gasteiger partial charge in [0.1, 0.15) is 0 Å². The van der Waals surface area contributed by atoms with Crippen LogP contribution in [0.2, 0.25) is 0 Å². The van der Waals surface area contributed by atoms with Crippen molar-refractivity contribution in [2.45, 2.75) is 19.4 Å². The molecule has 2 N–H and O–H groups in total. The third-order valence-electron chi connectivity index (χ3n) is 3.36. The van der Waals surface area contributed by atoms with Crippen LogP contribution in [0.4, 0.5) is 4.39 Å². The van der Waals surface area contributed by atoms with Gasteiger partial charge in [0, 0.05) is 23.1 Å². The average Bonchev–Trinajstić information content (AvgIpc) is 2.35. The summed E-state index contributed by atoms with van der Waals surface area (Å²) in [7, 11) is 0. The van der Waals surface area contributed by atoms with Crippen molar-refractivity contribution >= 4 is 21.9 Å². The van der Waals surface area contributed by atoms with E-state index in [1.54, 1.807) is 6.07 Å². The molecule has 0 spiro atoms. The minimum Gasteiger partial charge on any atom is -0.505 e. The summed E-state index contributed by atoms with van der Waals surface area (Å²) in [5, 5.41) is 18.7. The summed E-state index contributed by atoms with van der Waals surface area (Å²) in [6.07, 6.45) is 1.47. The van der Waals surface area contributed by atoms with Gasteiger partial charge in [-0.25, -0.2) is 4.39 Å². The van der Waals surface area contributed by atoms with Crippen molar-refractivity contribution in [3.05, 3.63) is 28.0 Å². The lowest BCUT2D eigenvalue weighted by Crippen LogP contribution is -2.38. The fraction of sp³-hybridized carbons (Fsp3) is 0.462. The first kappa shape index (κ1) is 14.3. The number of phenols is 1. The number of carbonyl (C=O) groups is 1. The highest BCUT2D eigenvalue weighted by atomic mass is 79.9. The molecule has 0 aliphatic carbocycles. The van der Waals surface area contributed by atoms with Crippen LogP contribution in [-0.4, -0.2) is 34.2 Å². The molecule has 1 heterocycles. The van der Waals surface area contributed by atoms with Crippen LogP contribution in [0.5, 0.6) is 5.75 Å². The summed E-state index contributed by atoms with van der Waals surface area (Å²) in [4.78, 5) is 12.9. The van der Waals surface area contributed by atoms with Crippen LogP contribution in [0.1, 0.15) is 18.4 Å². The molecule has 1 fully saturated rings. The Morgan fingerprint density at radius 2 is 2.26 bits per heavy atom. The van der Waals surface area contributed by atoms with Crippen LogP contribution >= 0.6 is 15.9 Å². The van der Waals surface area contributed by atoms with Gasteiger partial charge in [0.25, 0.3) is 0 Å². The molecule has 1 aromatic rings. The highest BCUT2D eigenvalue weighted by Gasteiger charge is 2.26. The normalized spacial score (nSPS) is 20.4. The largest absolute Gasteiger partial charge is 0.505 e. The number of rotatable bonds is 3. The SMILES string of the molecule is O=C(O)[C@@H]1CCCN(Cc2cc(Br)cc(F)c2O)C1. The molecular formula is C13H15BrFNO3. The molecule has 0 amide bonds. The topological polar surface area (TPSA) is 60.8 Å². The van der Waals surface area contributed by atoms with Crippen molar-refractivity contribution in [3.8, 4) is 5.75 Å². The van der Waals surface area contributed by atoms with Crippen molar-refractivity contribution in [2.24, 2.45) is 5.92 Å². The Kier molecular flexibility index (Phi) is 4.42. The van der Waals surface area contributed by atoms with Crippen LogP contribution in [-0.2, 0) is 11.3 Å². The van der Waals surface area contributed by atoms with E-state index in [9.17, 15) is 14.3 Å². The minimum absolute atomic E-state index is 0.353. The standard InChI is InChI=1S/C13H15BrFNO3/c14-10-4-9(12(17)11(15)5-10)7-16-3-1-2-8(6-16)13(18)19/h4-5,8,17H,1-3,6-7H2,(H,18,19)/t8-/m1/s1. The van der Waals surface area contributed by atoms with Crippen LogP contribution in [0.25, 0.3) is 0 Å². The Bertz CT molecular complexity index is 495. The lowest BCUT2D eigenvalue weighted by Gasteiger charge is -2.30. The Morgan fingerprint density at radius 1 is 1.53 bits per heavy atom. The first-order chi connectivity index (χ1) is 8.97. The number of halogens is 2. The first-order valence-corrected chi connectivity index (χ1v) is 6.88. The molecule has 104 valence electrons. The summed E-state index contributed by atoms with van der Waals surface area (Å²) in [6, 6.07) is 2.86. The van der Waals surface area contributed by atoms with Gasteiger partial charge in [-0.05, 0) is 31.5 Å². The van der Waals surface area contributed by atoms with Crippen LogP contribution in [0, 0.1) is 11.7 Å². The minimum atomic E-state index is -0.797. The molecule has 0 aromatic heterocycles. The van der Waals surface area contributed by atoms with Crippen molar-refractivity contribution in [3.63, 3.8) is 0 Å². The summed E-state index contributed by atoms with van der Waals surface area (Å²) in [5.41, 5.74) is 0.470. The van der Waals surface area contributed by atoms with Crippen molar-refractivity contribution in [1.29, 1.82) is 0 Å². The number of hydrogen-bond acceptors (Lipinski definition) is 3. The maximum atomic E-state index is 13.4. The van der Waals surface area contributed by atoms with E-state index in [0.717, 1.165) is 13.0 Å². The van der Waals surface area contributed by atoms with Gasteiger partial charge in [-0.1, -0.05) is 15.9 Å². The zero-order valence-electron chi connectivity index (χ0n) is 10.3. The monoisotopic (exact) mass is 331 g/mol. The fourth-order valence-electron chi connectivity index (χ4n) is 2.38. The fourth-order valence-corrected chi connectivity index (χ4v) is 2.86. The van der Waals surface area contributed by atoms with Gasteiger partial charge in [-0.2, -0.15) is 0 Å². The van der Waals surface area contributed by atoms with Gasteiger partial charge in [0.2, 0.25) is 0 Å². The Morgan fingerprint density at radius 3 is 2.95 bits per heavy atom. The Balaban J connectivity index is 2.11. The van der Waals surface area contributed by atoms with E-state index in [1.165, 1.54) is 6.07 Å². The highest BCUT2D eigenvalue weighted by Crippen LogP contribution is 2.28. The first-order valence-electron chi connectivity index (χ1n) is 6.09. The molecule has 19 heavy (non-hydrogen) atoms. The molecule has 0 saturated carbocycles. The van der Waals surface area contributed by atoms with Gasteiger partial charge in [-0.15, -0.1) is 0 Å². The molecule has 0 bridgehead atoms. The summed E-state index contributed by atoms with van der Waals surface area (Å²) < 4.78 is 14.0. The molecule has 6 heteroatoms. The van der Waals surface area contributed by atoms with Gasteiger partial charge in [0.05, 0.1) is 5.92 Å². The molecule has 4 nitrogen and oxygen atoms in total. The quantitative estimate of drug-likeness (QED) is 0.893. The van der Waals surface area contributed by atoms with E-state index in [0.29, 0.717) is 29.5 Å². The Labute approximate surface area is 119 Å². The van der Waals surface area contributed by atoms with Crippen LogP contribution in [0.3, 0.4) is 0 Å². The second-order valence-electron chi connectivity index (χ2n) is 4.81. The number of aromatic hydroxyl groups is 1. The molecule has 1 aliphatic rings. The van der Waals surface area contributed by atoms with Gasteiger partial charge in [0.15, 0.2) is 11.6 Å². The zero-order chi connectivity index (χ0) is 14.0. The molecule has 1 atom stereocenters. The van der Waals surface area contributed by atoms with E-state index in [4.69, 9.17) is 5.11 Å². The zero-order valence-corrected chi connectivity index (χ0v) is 11.9. The van der Waals surface area contributed by atoms with Gasteiger partial charge in [-0.3, -0.25) is 9.69 Å².